The van der Waals surface area contributed by atoms with E-state index in [9.17, 15) is 22.8 Å². The molecular weight excluding hydrogens is 407 g/mol. The first-order valence-corrected chi connectivity index (χ1v) is 9.30. The predicted octanol–water partition coefficient (Wildman–Crippen LogP) is 3.71. The summed E-state index contributed by atoms with van der Waals surface area (Å²) in [5.41, 5.74) is 0.297. The summed E-state index contributed by atoms with van der Waals surface area (Å²) in [6.07, 6.45) is -5.07. The topological polar surface area (TPSA) is 70.2 Å². The molecule has 0 aromatic heterocycles. The van der Waals surface area contributed by atoms with Crippen LogP contribution < -0.4 is 16.0 Å². The molecule has 2 aromatic rings. The van der Waals surface area contributed by atoms with Crippen molar-refractivity contribution in [3.05, 3.63) is 70.2 Å². The summed E-state index contributed by atoms with van der Waals surface area (Å²) in [5.74, 6) is -0.720. The summed E-state index contributed by atoms with van der Waals surface area (Å²) in [7, 11) is 0. The van der Waals surface area contributed by atoms with E-state index in [1.807, 2.05) is 30.3 Å². The zero-order valence-electron chi connectivity index (χ0n) is 15.4. The van der Waals surface area contributed by atoms with Gasteiger partial charge in [-0.15, -0.1) is 0 Å². The molecule has 1 fully saturated rings. The highest BCUT2D eigenvalue weighted by molar-refractivity contribution is 6.31. The zero-order chi connectivity index (χ0) is 21.2. The van der Waals surface area contributed by atoms with E-state index in [1.54, 1.807) is 6.92 Å². The van der Waals surface area contributed by atoms with E-state index >= 15 is 0 Å². The molecule has 3 atom stereocenters. The van der Waals surface area contributed by atoms with Crippen molar-refractivity contribution in [1.29, 1.82) is 0 Å². The molecule has 0 spiro atoms. The Labute approximate surface area is 170 Å². The van der Waals surface area contributed by atoms with Gasteiger partial charge in [0.05, 0.1) is 24.1 Å². The molecule has 5 nitrogen and oxygen atoms in total. The molecule has 1 saturated heterocycles. The monoisotopic (exact) mass is 425 g/mol. The maximum absolute atomic E-state index is 12.8. The fourth-order valence-electron chi connectivity index (χ4n) is 3.15. The average molecular weight is 426 g/mol. The molecule has 3 unspecified atom stereocenters. The number of alkyl halides is 3. The van der Waals surface area contributed by atoms with Gasteiger partial charge >= 0.3 is 6.18 Å². The molecule has 154 valence electrons. The van der Waals surface area contributed by atoms with Crippen LogP contribution in [0.4, 0.5) is 13.2 Å². The Bertz CT molecular complexity index is 906. The molecule has 29 heavy (non-hydrogen) atoms. The number of hydrogen-bond acceptors (Lipinski definition) is 3. The second-order valence-corrected chi connectivity index (χ2v) is 7.21. The first-order chi connectivity index (χ1) is 13.6. The Morgan fingerprint density at radius 2 is 1.90 bits per heavy atom. The minimum atomic E-state index is -4.50. The first kappa shape index (κ1) is 21.1. The highest BCUT2D eigenvalue weighted by Gasteiger charge is 2.33. The van der Waals surface area contributed by atoms with E-state index in [0.29, 0.717) is 5.56 Å². The largest absolute Gasteiger partial charge is 0.416 e. The average Bonchev–Trinajstić information content (AvgIpc) is 2.67. The van der Waals surface area contributed by atoms with E-state index < -0.39 is 35.9 Å². The van der Waals surface area contributed by atoms with Crippen LogP contribution in [-0.4, -0.2) is 17.9 Å². The van der Waals surface area contributed by atoms with Gasteiger partial charge in [-0.1, -0.05) is 48.0 Å². The van der Waals surface area contributed by atoms with Crippen LogP contribution in [0.5, 0.6) is 0 Å². The number of hydrogen-bond donors (Lipinski definition) is 3. The molecule has 0 bridgehead atoms. The van der Waals surface area contributed by atoms with Crippen LogP contribution >= 0.6 is 11.6 Å². The van der Waals surface area contributed by atoms with Crippen molar-refractivity contribution in [1.82, 2.24) is 16.0 Å². The van der Waals surface area contributed by atoms with E-state index in [0.717, 1.165) is 17.7 Å². The number of carbonyl (C=O) groups excluding carboxylic acids is 2. The van der Waals surface area contributed by atoms with Crippen molar-refractivity contribution in [2.75, 3.05) is 0 Å². The highest BCUT2D eigenvalue weighted by atomic mass is 35.5. The Morgan fingerprint density at radius 1 is 1.21 bits per heavy atom. The summed E-state index contributed by atoms with van der Waals surface area (Å²) < 4.78 is 38.4. The van der Waals surface area contributed by atoms with Gasteiger partial charge in [0.1, 0.15) is 6.17 Å². The van der Waals surface area contributed by atoms with Gasteiger partial charge in [-0.25, -0.2) is 0 Å². The van der Waals surface area contributed by atoms with Crippen molar-refractivity contribution < 1.29 is 22.8 Å². The van der Waals surface area contributed by atoms with Crippen LogP contribution in [0.15, 0.2) is 48.5 Å². The van der Waals surface area contributed by atoms with E-state index in [2.05, 4.69) is 16.0 Å². The third-order valence-electron chi connectivity index (χ3n) is 4.67. The molecular formula is C20H19ClF3N3O2. The minimum Gasteiger partial charge on any atom is -0.348 e. The van der Waals surface area contributed by atoms with Gasteiger partial charge in [-0.2, -0.15) is 13.2 Å². The number of benzene rings is 2. The van der Waals surface area contributed by atoms with Gasteiger partial charge in [-0.3, -0.25) is 14.9 Å². The molecule has 3 N–H and O–H groups in total. The second kappa shape index (κ2) is 8.42. The van der Waals surface area contributed by atoms with Gasteiger partial charge in [0.15, 0.2) is 0 Å². The van der Waals surface area contributed by atoms with Crippen LogP contribution in [0, 0.1) is 0 Å². The molecule has 0 aliphatic carbocycles. The SMILES string of the molecule is CC(NC(=O)C1CC(=O)NC(c2ccccc2)N1)c1ccc(C(F)(F)F)cc1Cl. The lowest BCUT2D eigenvalue weighted by molar-refractivity contribution is -0.137. The molecule has 9 heteroatoms. The summed E-state index contributed by atoms with van der Waals surface area (Å²) >= 11 is 5.99. The Hall–Kier alpha value is -2.58. The summed E-state index contributed by atoms with van der Waals surface area (Å²) in [5, 5.41) is 8.47. The number of amides is 2. The molecule has 2 aromatic carbocycles. The van der Waals surface area contributed by atoms with Gasteiger partial charge in [0, 0.05) is 5.02 Å². The van der Waals surface area contributed by atoms with Gasteiger partial charge in [0.2, 0.25) is 11.8 Å². The molecule has 1 aliphatic rings. The van der Waals surface area contributed by atoms with Gasteiger partial charge in [-0.05, 0) is 30.2 Å². The third-order valence-corrected chi connectivity index (χ3v) is 4.99. The Balaban J connectivity index is 1.70. The van der Waals surface area contributed by atoms with Crippen molar-refractivity contribution in [2.45, 2.75) is 37.8 Å². The van der Waals surface area contributed by atoms with E-state index in [1.165, 1.54) is 6.07 Å². The van der Waals surface area contributed by atoms with Crippen LogP contribution in [0.1, 0.15) is 42.2 Å². The van der Waals surface area contributed by atoms with Crippen LogP contribution in [0.2, 0.25) is 5.02 Å². The van der Waals surface area contributed by atoms with E-state index in [-0.39, 0.29) is 17.4 Å². The van der Waals surface area contributed by atoms with Gasteiger partial charge < -0.3 is 10.6 Å². The lowest BCUT2D eigenvalue weighted by Gasteiger charge is -2.32. The van der Waals surface area contributed by atoms with Crippen molar-refractivity contribution in [2.24, 2.45) is 0 Å². The summed E-state index contributed by atoms with van der Waals surface area (Å²) in [6.45, 7) is 1.62. The number of carbonyl (C=O) groups is 2. The third kappa shape index (κ3) is 5.07. The lowest BCUT2D eigenvalue weighted by Crippen LogP contribution is -2.56. The molecule has 0 saturated carbocycles. The maximum Gasteiger partial charge on any atom is 0.416 e. The highest BCUT2D eigenvalue weighted by Crippen LogP contribution is 2.33. The Kier molecular flexibility index (Phi) is 6.14. The fraction of sp³-hybridized carbons (Fsp3) is 0.300. The smallest absolute Gasteiger partial charge is 0.348 e. The Morgan fingerprint density at radius 3 is 2.52 bits per heavy atom. The quantitative estimate of drug-likeness (QED) is 0.699. The van der Waals surface area contributed by atoms with Crippen molar-refractivity contribution >= 4 is 23.4 Å². The first-order valence-electron chi connectivity index (χ1n) is 8.92. The molecule has 1 aliphatic heterocycles. The van der Waals surface area contributed by atoms with Gasteiger partial charge in [0.25, 0.3) is 0 Å². The molecule has 3 rings (SSSR count). The lowest BCUT2D eigenvalue weighted by atomic mass is 10.0. The van der Waals surface area contributed by atoms with Crippen molar-refractivity contribution in [3.63, 3.8) is 0 Å². The van der Waals surface area contributed by atoms with E-state index in [4.69, 9.17) is 11.6 Å². The van der Waals surface area contributed by atoms with Crippen LogP contribution in [0.3, 0.4) is 0 Å². The number of rotatable bonds is 4. The second-order valence-electron chi connectivity index (χ2n) is 6.80. The minimum absolute atomic E-state index is 0.0529. The summed E-state index contributed by atoms with van der Waals surface area (Å²) in [4.78, 5) is 24.7. The zero-order valence-corrected chi connectivity index (χ0v) is 16.1. The normalized spacial score (nSPS) is 20.7. The van der Waals surface area contributed by atoms with Crippen LogP contribution in [-0.2, 0) is 15.8 Å². The standard InChI is InChI=1S/C20H19ClF3N3O2/c1-11(14-8-7-13(9-15(14)21)20(22,23)24)25-19(29)16-10-17(28)27-18(26-16)12-5-3-2-4-6-12/h2-9,11,16,18,26H,10H2,1H3,(H,25,29)(H,27,28). The summed E-state index contributed by atoms with van der Waals surface area (Å²) in [6, 6.07) is 10.7. The molecule has 1 heterocycles. The fourth-order valence-corrected chi connectivity index (χ4v) is 3.49. The molecule has 2 amide bonds. The molecule has 0 radical (unpaired) electrons. The number of halogens is 4. The van der Waals surface area contributed by atoms with Crippen LogP contribution in [0.25, 0.3) is 0 Å². The number of nitrogens with one attached hydrogen (secondary N) is 3. The van der Waals surface area contributed by atoms with Crippen molar-refractivity contribution in [3.8, 4) is 0 Å². The maximum atomic E-state index is 12.8. The predicted molar refractivity (Wildman–Crippen MR) is 102 cm³/mol.